The Bertz CT molecular complexity index is 731. The van der Waals surface area contributed by atoms with Crippen molar-refractivity contribution in [2.45, 2.75) is 32.9 Å². The van der Waals surface area contributed by atoms with Crippen molar-refractivity contribution in [1.29, 1.82) is 0 Å². The van der Waals surface area contributed by atoms with E-state index in [9.17, 15) is 9.18 Å². The normalized spacial score (nSPS) is 18.9. The molecule has 0 aliphatic carbocycles. The van der Waals surface area contributed by atoms with Crippen molar-refractivity contribution in [3.8, 4) is 0 Å². The van der Waals surface area contributed by atoms with Crippen LogP contribution in [0.25, 0.3) is 0 Å². The van der Waals surface area contributed by atoms with E-state index in [0.717, 1.165) is 18.7 Å². The van der Waals surface area contributed by atoms with E-state index in [4.69, 9.17) is 0 Å². The molecule has 0 aromatic heterocycles. The molecule has 4 heteroatoms. The molecule has 1 fully saturated rings. The number of amides is 1. The lowest BCUT2D eigenvalue weighted by Gasteiger charge is -2.39. The van der Waals surface area contributed by atoms with Crippen molar-refractivity contribution in [1.82, 2.24) is 4.90 Å². The number of benzene rings is 2. The van der Waals surface area contributed by atoms with Crippen molar-refractivity contribution in [3.63, 3.8) is 0 Å². The van der Waals surface area contributed by atoms with Crippen molar-refractivity contribution >= 4 is 11.6 Å². The number of aryl methyl sites for hydroxylation is 1. The Labute approximate surface area is 142 Å². The Morgan fingerprint density at radius 2 is 1.71 bits per heavy atom. The summed E-state index contributed by atoms with van der Waals surface area (Å²) in [5.74, 6) is -0.130. The summed E-state index contributed by atoms with van der Waals surface area (Å²) in [6.45, 7) is 5.84. The van der Waals surface area contributed by atoms with Crippen molar-refractivity contribution in [2.75, 3.05) is 18.0 Å². The van der Waals surface area contributed by atoms with Gasteiger partial charge in [0.25, 0.3) is 0 Å². The summed E-state index contributed by atoms with van der Waals surface area (Å²) in [4.78, 5) is 16.8. The van der Waals surface area contributed by atoms with Gasteiger partial charge in [-0.2, -0.15) is 0 Å². The van der Waals surface area contributed by atoms with Gasteiger partial charge in [0.15, 0.2) is 0 Å². The zero-order valence-electron chi connectivity index (χ0n) is 14.2. The predicted molar refractivity (Wildman–Crippen MR) is 94.4 cm³/mol. The fourth-order valence-electron chi connectivity index (χ4n) is 3.29. The highest BCUT2D eigenvalue weighted by atomic mass is 19.1. The Morgan fingerprint density at radius 3 is 2.42 bits per heavy atom. The summed E-state index contributed by atoms with van der Waals surface area (Å²) >= 11 is 0. The molecule has 0 bridgehead atoms. The van der Waals surface area contributed by atoms with Crippen LogP contribution < -0.4 is 4.90 Å². The molecule has 0 N–H and O–H groups in total. The summed E-state index contributed by atoms with van der Waals surface area (Å²) in [5.41, 5.74) is 2.82. The summed E-state index contributed by atoms with van der Waals surface area (Å²) < 4.78 is 13.9. The number of anilines is 1. The number of hydrogen-bond acceptors (Lipinski definition) is 2. The number of rotatable bonds is 4. The van der Waals surface area contributed by atoms with Crippen molar-refractivity contribution < 1.29 is 9.18 Å². The quantitative estimate of drug-likeness (QED) is 0.857. The van der Waals surface area contributed by atoms with Crippen LogP contribution in [0.1, 0.15) is 25.0 Å². The SMILES string of the molecule is CCc1ccccc1N1CCN(Cc2ccccc2F)C(C)C1=O. The van der Waals surface area contributed by atoms with Gasteiger partial charge in [0.1, 0.15) is 5.82 Å². The number of halogens is 1. The number of piperazine rings is 1. The van der Waals surface area contributed by atoms with E-state index in [2.05, 4.69) is 13.0 Å². The van der Waals surface area contributed by atoms with Crippen LogP contribution in [0.5, 0.6) is 0 Å². The first kappa shape index (κ1) is 16.7. The second kappa shape index (κ2) is 7.14. The third-order valence-electron chi connectivity index (χ3n) is 4.78. The highest BCUT2D eigenvalue weighted by Gasteiger charge is 2.33. The average molecular weight is 326 g/mol. The van der Waals surface area contributed by atoms with Gasteiger partial charge in [-0.3, -0.25) is 9.69 Å². The molecule has 0 saturated carbocycles. The fourth-order valence-corrected chi connectivity index (χ4v) is 3.29. The Hall–Kier alpha value is -2.20. The summed E-state index contributed by atoms with van der Waals surface area (Å²) in [7, 11) is 0. The average Bonchev–Trinajstić information content (AvgIpc) is 2.61. The number of para-hydroxylation sites is 1. The lowest BCUT2D eigenvalue weighted by Crippen LogP contribution is -2.55. The van der Waals surface area contributed by atoms with E-state index < -0.39 is 0 Å². The van der Waals surface area contributed by atoms with Crippen LogP contribution in [0.2, 0.25) is 0 Å². The van der Waals surface area contributed by atoms with E-state index >= 15 is 0 Å². The summed E-state index contributed by atoms with van der Waals surface area (Å²) in [5, 5.41) is 0. The van der Waals surface area contributed by atoms with E-state index in [1.165, 1.54) is 11.6 Å². The zero-order valence-corrected chi connectivity index (χ0v) is 14.2. The third kappa shape index (κ3) is 3.20. The molecular weight excluding hydrogens is 303 g/mol. The van der Waals surface area contributed by atoms with Crippen LogP contribution in [0.4, 0.5) is 10.1 Å². The minimum absolute atomic E-state index is 0.0819. The van der Waals surface area contributed by atoms with Gasteiger partial charge >= 0.3 is 0 Å². The van der Waals surface area contributed by atoms with E-state index in [0.29, 0.717) is 18.7 Å². The van der Waals surface area contributed by atoms with Gasteiger partial charge in [-0.25, -0.2) is 4.39 Å². The first-order valence-electron chi connectivity index (χ1n) is 8.48. The molecule has 1 aliphatic rings. The van der Waals surface area contributed by atoms with E-state index in [-0.39, 0.29) is 17.8 Å². The standard InChI is InChI=1S/C20H23FN2O/c1-3-16-8-5-7-11-19(16)23-13-12-22(15(2)20(23)24)14-17-9-4-6-10-18(17)21/h4-11,15H,3,12-14H2,1-2H3. The highest BCUT2D eigenvalue weighted by Crippen LogP contribution is 2.26. The molecular formula is C20H23FN2O. The molecule has 0 spiro atoms. The molecule has 1 amide bonds. The molecule has 126 valence electrons. The van der Waals surface area contributed by atoms with Crippen LogP contribution in [-0.4, -0.2) is 29.9 Å². The molecule has 2 aromatic rings. The van der Waals surface area contributed by atoms with Gasteiger partial charge in [0.2, 0.25) is 5.91 Å². The van der Waals surface area contributed by atoms with E-state index in [1.807, 2.05) is 41.0 Å². The Morgan fingerprint density at radius 1 is 1.04 bits per heavy atom. The lowest BCUT2D eigenvalue weighted by atomic mass is 10.1. The molecule has 1 atom stereocenters. The summed E-state index contributed by atoms with van der Waals surface area (Å²) in [6.07, 6.45) is 0.896. The van der Waals surface area contributed by atoms with E-state index in [1.54, 1.807) is 12.1 Å². The maximum absolute atomic E-state index is 13.9. The highest BCUT2D eigenvalue weighted by molar-refractivity contribution is 5.98. The van der Waals surface area contributed by atoms with Crippen LogP contribution in [0, 0.1) is 5.82 Å². The molecule has 0 radical (unpaired) electrons. The number of carbonyl (C=O) groups is 1. The van der Waals surface area contributed by atoms with Gasteiger partial charge in [-0.05, 0) is 31.0 Å². The van der Waals surface area contributed by atoms with Gasteiger partial charge < -0.3 is 4.90 Å². The fraction of sp³-hybridized carbons (Fsp3) is 0.350. The lowest BCUT2D eigenvalue weighted by molar-refractivity contribution is -0.125. The molecule has 1 aliphatic heterocycles. The van der Waals surface area contributed by atoms with Crippen LogP contribution in [0.15, 0.2) is 48.5 Å². The molecule has 3 rings (SSSR count). The van der Waals surface area contributed by atoms with Gasteiger partial charge in [0, 0.05) is 30.9 Å². The number of carbonyl (C=O) groups excluding carboxylic acids is 1. The topological polar surface area (TPSA) is 23.6 Å². The third-order valence-corrected chi connectivity index (χ3v) is 4.78. The maximum Gasteiger partial charge on any atom is 0.244 e. The van der Waals surface area contributed by atoms with Crippen LogP contribution >= 0.6 is 0 Å². The summed E-state index contributed by atoms with van der Waals surface area (Å²) in [6, 6.07) is 14.6. The molecule has 3 nitrogen and oxygen atoms in total. The van der Waals surface area contributed by atoms with Crippen LogP contribution in [-0.2, 0) is 17.8 Å². The minimum Gasteiger partial charge on any atom is -0.310 e. The van der Waals surface area contributed by atoms with Crippen LogP contribution in [0.3, 0.4) is 0 Å². The largest absolute Gasteiger partial charge is 0.310 e. The smallest absolute Gasteiger partial charge is 0.244 e. The second-order valence-electron chi connectivity index (χ2n) is 6.21. The minimum atomic E-state index is -0.261. The van der Waals surface area contributed by atoms with Crippen molar-refractivity contribution in [2.24, 2.45) is 0 Å². The molecule has 1 saturated heterocycles. The monoisotopic (exact) mass is 326 g/mol. The number of nitrogens with zero attached hydrogens (tertiary/aromatic N) is 2. The van der Waals surface area contributed by atoms with Crippen molar-refractivity contribution in [3.05, 3.63) is 65.5 Å². The first-order valence-corrected chi connectivity index (χ1v) is 8.48. The Balaban J connectivity index is 1.78. The molecule has 1 heterocycles. The van der Waals surface area contributed by atoms with Gasteiger partial charge in [0.05, 0.1) is 6.04 Å². The predicted octanol–water partition coefficient (Wildman–Crippen LogP) is 3.63. The zero-order chi connectivity index (χ0) is 17.1. The number of hydrogen-bond donors (Lipinski definition) is 0. The maximum atomic E-state index is 13.9. The molecule has 1 unspecified atom stereocenters. The molecule has 2 aromatic carbocycles. The first-order chi connectivity index (χ1) is 11.6. The molecule has 24 heavy (non-hydrogen) atoms. The van der Waals surface area contributed by atoms with Gasteiger partial charge in [-0.1, -0.05) is 43.3 Å². The Kier molecular flexibility index (Phi) is 4.95. The van der Waals surface area contributed by atoms with Gasteiger partial charge in [-0.15, -0.1) is 0 Å². The second-order valence-corrected chi connectivity index (χ2v) is 6.21.